The molecule has 1 amide bonds. The van der Waals surface area contributed by atoms with Crippen molar-refractivity contribution in [2.75, 3.05) is 19.7 Å². The Labute approximate surface area is 166 Å². The number of rotatable bonds is 7. The summed E-state index contributed by atoms with van der Waals surface area (Å²) in [6.45, 7) is 1.22. The van der Waals surface area contributed by atoms with Crippen molar-refractivity contribution in [2.24, 2.45) is 0 Å². The van der Waals surface area contributed by atoms with Crippen LogP contribution in [0.25, 0.3) is 0 Å². The molecule has 1 N–H and O–H groups in total. The molecule has 1 aromatic carbocycles. The summed E-state index contributed by atoms with van der Waals surface area (Å²) in [5.41, 5.74) is -0.767. The van der Waals surface area contributed by atoms with E-state index in [-0.39, 0.29) is 18.1 Å². The molecule has 0 radical (unpaired) electrons. The third kappa shape index (κ3) is 4.38. The van der Waals surface area contributed by atoms with E-state index in [0.717, 1.165) is 44.1 Å². The Kier molecular flexibility index (Phi) is 5.69. The molecule has 154 valence electrons. The van der Waals surface area contributed by atoms with Crippen LogP contribution in [0.2, 0.25) is 0 Å². The van der Waals surface area contributed by atoms with Crippen LogP contribution in [0.3, 0.4) is 0 Å². The van der Waals surface area contributed by atoms with Gasteiger partial charge < -0.3 is 4.74 Å². The highest BCUT2D eigenvalue weighted by atomic mass is 32.2. The van der Waals surface area contributed by atoms with Crippen LogP contribution >= 0.6 is 0 Å². The summed E-state index contributed by atoms with van der Waals surface area (Å²) in [5.74, 6) is -0.924. The molecule has 4 rings (SSSR count). The smallest absolute Gasteiger partial charge is 0.266 e. The van der Waals surface area contributed by atoms with Crippen molar-refractivity contribution < 1.29 is 22.5 Å². The Morgan fingerprint density at radius 2 is 1.93 bits per heavy atom. The molecule has 28 heavy (non-hydrogen) atoms. The maximum Gasteiger partial charge on any atom is 0.266 e. The summed E-state index contributed by atoms with van der Waals surface area (Å²) in [6.07, 6.45) is 6.47. The van der Waals surface area contributed by atoms with Gasteiger partial charge in [-0.3, -0.25) is 9.52 Å². The van der Waals surface area contributed by atoms with Gasteiger partial charge in [0.1, 0.15) is 23.8 Å². The van der Waals surface area contributed by atoms with Crippen LogP contribution < -0.4 is 9.46 Å². The van der Waals surface area contributed by atoms with Crippen molar-refractivity contribution in [3.05, 3.63) is 29.1 Å². The molecule has 1 unspecified atom stereocenters. The Morgan fingerprint density at radius 3 is 2.54 bits per heavy atom. The van der Waals surface area contributed by atoms with Crippen LogP contribution in [-0.2, 0) is 11.2 Å². The molecule has 1 atom stereocenters. The number of hydrogen-bond acceptors (Lipinski definition) is 3. The van der Waals surface area contributed by atoms with E-state index >= 15 is 0 Å². The molecule has 1 heterocycles. The van der Waals surface area contributed by atoms with E-state index in [1.807, 2.05) is 0 Å². The van der Waals surface area contributed by atoms with E-state index in [0.29, 0.717) is 31.7 Å². The SMILES string of the molecule is O=C(NS(=O)N1CCC1)c1cc(C2CC2)c(OCC2(F)CCCCC2)cc1F. The molecule has 1 saturated heterocycles. The summed E-state index contributed by atoms with van der Waals surface area (Å²) in [5, 5.41) is 0. The minimum atomic E-state index is -1.65. The molecule has 5 nitrogen and oxygen atoms in total. The highest BCUT2D eigenvalue weighted by molar-refractivity contribution is 7.81. The van der Waals surface area contributed by atoms with Crippen LogP contribution in [-0.4, -0.2) is 39.8 Å². The van der Waals surface area contributed by atoms with Gasteiger partial charge in [0.05, 0.1) is 5.56 Å². The Hall–Kier alpha value is -1.54. The van der Waals surface area contributed by atoms with Crippen LogP contribution in [0.4, 0.5) is 8.78 Å². The van der Waals surface area contributed by atoms with Crippen LogP contribution in [0.5, 0.6) is 5.75 Å². The van der Waals surface area contributed by atoms with Crippen LogP contribution in [0.15, 0.2) is 12.1 Å². The van der Waals surface area contributed by atoms with Gasteiger partial charge in [-0.2, -0.15) is 0 Å². The summed E-state index contributed by atoms with van der Waals surface area (Å²) in [7, 11) is 0. The van der Waals surface area contributed by atoms with Gasteiger partial charge in [0.2, 0.25) is 0 Å². The number of ether oxygens (including phenoxy) is 1. The van der Waals surface area contributed by atoms with E-state index in [4.69, 9.17) is 4.74 Å². The number of nitrogens with zero attached hydrogens (tertiary/aromatic N) is 1. The predicted octanol–water partition coefficient (Wildman–Crippen LogP) is 3.77. The van der Waals surface area contributed by atoms with Crippen molar-refractivity contribution in [2.45, 2.75) is 63.0 Å². The fraction of sp³-hybridized carbons (Fsp3) is 0.650. The molecule has 1 aliphatic heterocycles. The number of hydrogen-bond donors (Lipinski definition) is 1. The minimum Gasteiger partial charge on any atom is -0.490 e. The molecule has 0 bridgehead atoms. The molecule has 3 aliphatic rings. The number of alkyl halides is 1. The normalized spacial score (nSPS) is 22.9. The number of benzene rings is 1. The third-order valence-electron chi connectivity index (χ3n) is 5.83. The monoisotopic (exact) mass is 412 g/mol. The van der Waals surface area contributed by atoms with Crippen LogP contribution in [0, 0.1) is 5.82 Å². The summed E-state index contributed by atoms with van der Waals surface area (Å²) in [4.78, 5) is 12.4. The van der Waals surface area contributed by atoms with Gasteiger partial charge in [0.25, 0.3) is 5.91 Å². The Balaban J connectivity index is 1.49. The number of nitrogens with one attached hydrogen (secondary N) is 1. The van der Waals surface area contributed by atoms with E-state index in [1.165, 1.54) is 12.1 Å². The first kappa shape index (κ1) is 19.8. The van der Waals surface area contributed by atoms with Gasteiger partial charge in [-0.25, -0.2) is 17.3 Å². The molecule has 3 fully saturated rings. The molecule has 1 aromatic rings. The average molecular weight is 413 g/mol. The van der Waals surface area contributed by atoms with Crippen molar-refractivity contribution >= 4 is 17.1 Å². The highest BCUT2D eigenvalue weighted by Crippen LogP contribution is 2.45. The van der Waals surface area contributed by atoms with E-state index in [9.17, 15) is 17.8 Å². The van der Waals surface area contributed by atoms with Crippen molar-refractivity contribution in [1.82, 2.24) is 9.03 Å². The standard InChI is InChI=1S/C20H26F2N2O3S/c21-17-12-18(27-13-20(22)7-2-1-3-8-20)15(14-5-6-14)11-16(17)19(25)23-28(26)24-9-4-10-24/h11-12,14H,1-10,13H2,(H,23,25). The maximum atomic E-state index is 14.9. The number of amides is 1. The maximum absolute atomic E-state index is 14.9. The van der Waals surface area contributed by atoms with Gasteiger partial charge in [-0.1, -0.05) is 19.3 Å². The largest absolute Gasteiger partial charge is 0.490 e. The summed E-state index contributed by atoms with van der Waals surface area (Å²) in [6, 6.07) is 2.66. The van der Waals surface area contributed by atoms with Crippen molar-refractivity contribution in [3.63, 3.8) is 0 Å². The lowest BCUT2D eigenvalue weighted by atomic mass is 9.87. The molecule has 0 spiro atoms. The fourth-order valence-electron chi connectivity index (χ4n) is 3.77. The minimum absolute atomic E-state index is 0.0866. The zero-order valence-corrected chi connectivity index (χ0v) is 16.7. The van der Waals surface area contributed by atoms with Gasteiger partial charge in [0.15, 0.2) is 11.2 Å². The molecule has 2 saturated carbocycles. The first-order chi connectivity index (χ1) is 13.5. The number of carbonyl (C=O) groups is 1. The molecular formula is C20H26F2N2O3S. The zero-order chi connectivity index (χ0) is 19.7. The lowest BCUT2D eigenvalue weighted by Gasteiger charge is -2.29. The molecule has 2 aliphatic carbocycles. The second-order valence-corrected chi connectivity index (χ2v) is 9.33. The molecule has 0 aromatic heterocycles. The topological polar surface area (TPSA) is 58.6 Å². The van der Waals surface area contributed by atoms with Gasteiger partial charge in [-0.05, 0) is 49.7 Å². The van der Waals surface area contributed by atoms with E-state index in [1.54, 1.807) is 4.31 Å². The first-order valence-electron chi connectivity index (χ1n) is 10.1. The third-order valence-corrected chi connectivity index (χ3v) is 7.02. The van der Waals surface area contributed by atoms with Gasteiger partial charge in [-0.15, -0.1) is 0 Å². The second kappa shape index (κ2) is 8.06. The average Bonchev–Trinajstić information content (AvgIpc) is 3.44. The summed E-state index contributed by atoms with van der Waals surface area (Å²) >= 11 is -1.65. The van der Waals surface area contributed by atoms with E-state index in [2.05, 4.69) is 4.72 Å². The number of halogens is 2. The van der Waals surface area contributed by atoms with Gasteiger partial charge in [0, 0.05) is 19.2 Å². The van der Waals surface area contributed by atoms with Crippen molar-refractivity contribution in [3.8, 4) is 5.75 Å². The van der Waals surface area contributed by atoms with E-state index < -0.39 is 28.6 Å². The zero-order valence-electron chi connectivity index (χ0n) is 15.8. The van der Waals surface area contributed by atoms with Crippen molar-refractivity contribution in [1.29, 1.82) is 0 Å². The Bertz CT molecular complexity index is 775. The quantitative estimate of drug-likeness (QED) is 0.742. The second-order valence-electron chi connectivity index (χ2n) is 8.11. The fourth-order valence-corrected chi connectivity index (χ4v) is 4.76. The molecular weight excluding hydrogens is 386 g/mol. The predicted molar refractivity (Wildman–Crippen MR) is 103 cm³/mol. The number of carbonyl (C=O) groups excluding carboxylic acids is 1. The molecule has 8 heteroatoms. The Morgan fingerprint density at radius 1 is 1.21 bits per heavy atom. The highest BCUT2D eigenvalue weighted by Gasteiger charge is 2.35. The lowest BCUT2D eigenvalue weighted by Crippen LogP contribution is -2.45. The summed E-state index contributed by atoms with van der Waals surface area (Å²) < 4.78 is 51.2. The van der Waals surface area contributed by atoms with Crippen LogP contribution in [0.1, 0.15) is 73.2 Å². The lowest BCUT2D eigenvalue weighted by molar-refractivity contribution is 0.0470. The first-order valence-corrected chi connectivity index (χ1v) is 11.2. The van der Waals surface area contributed by atoms with Gasteiger partial charge >= 0.3 is 0 Å².